The van der Waals surface area contributed by atoms with Crippen molar-refractivity contribution in [3.8, 4) is 28.4 Å². The third kappa shape index (κ3) is 5.20. The van der Waals surface area contributed by atoms with Gasteiger partial charge in [0.1, 0.15) is 16.9 Å². The number of imidazole rings is 1. The Morgan fingerprint density at radius 2 is 1.80 bits per heavy atom. The molecular formula is C29H19F2IN6O3. The number of anilines is 1. The van der Waals surface area contributed by atoms with Crippen LogP contribution in [0.25, 0.3) is 22.5 Å². The van der Waals surface area contributed by atoms with E-state index < -0.39 is 23.1 Å². The molecule has 0 spiro atoms. The molecule has 4 heterocycles. The molecule has 0 saturated carbocycles. The van der Waals surface area contributed by atoms with Gasteiger partial charge >= 0.3 is 0 Å². The average Bonchev–Trinajstić information content (AvgIpc) is 3.60. The lowest BCUT2D eigenvalue weighted by atomic mass is 10.2. The summed E-state index contributed by atoms with van der Waals surface area (Å²) < 4.78 is 39.6. The van der Waals surface area contributed by atoms with Crippen LogP contribution in [0.1, 0.15) is 10.4 Å². The number of benzene rings is 2. The Balaban J connectivity index is 1.27. The molecule has 12 heteroatoms. The summed E-state index contributed by atoms with van der Waals surface area (Å²) in [5.41, 5.74) is 1.84. The number of hydrogen-bond acceptors (Lipinski definition) is 5. The lowest BCUT2D eigenvalue weighted by molar-refractivity contribution is 0.102. The maximum atomic E-state index is 15.2. The summed E-state index contributed by atoms with van der Waals surface area (Å²) in [6, 6.07) is 14.4. The van der Waals surface area contributed by atoms with E-state index in [0.29, 0.717) is 26.2 Å². The van der Waals surface area contributed by atoms with Crippen molar-refractivity contribution in [3.63, 3.8) is 0 Å². The van der Waals surface area contributed by atoms with Gasteiger partial charge in [-0.3, -0.25) is 14.2 Å². The van der Waals surface area contributed by atoms with Gasteiger partial charge < -0.3 is 14.6 Å². The molecule has 1 amide bonds. The van der Waals surface area contributed by atoms with E-state index in [9.17, 15) is 14.0 Å². The number of fused-ring (bicyclic) bond motifs is 1. The summed E-state index contributed by atoms with van der Waals surface area (Å²) in [4.78, 5) is 30.6. The van der Waals surface area contributed by atoms with Gasteiger partial charge in [0, 0.05) is 52.2 Å². The fraction of sp³-hybridized carbons (Fsp3) is 0.0345. The van der Waals surface area contributed by atoms with Gasteiger partial charge in [-0.25, -0.2) is 18.3 Å². The van der Waals surface area contributed by atoms with E-state index in [1.165, 1.54) is 47.2 Å². The van der Waals surface area contributed by atoms with Gasteiger partial charge in [-0.2, -0.15) is 5.10 Å². The van der Waals surface area contributed by atoms with Crippen molar-refractivity contribution in [2.45, 2.75) is 0 Å². The molecule has 0 bridgehead atoms. The van der Waals surface area contributed by atoms with E-state index in [0.717, 1.165) is 11.6 Å². The molecule has 4 aromatic heterocycles. The molecule has 6 aromatic rings. The highest BCUT2D eigenvalue weighted by Gasteiger charge is 2.19. The van der Waals surface area contributed by atoms with Crippen LogP contribution in [-0.4, -0.2) is 29.6 Å². The number of halogens is 3. The SMILES string of the molecule is Cn1cnc(-c2cc(Oc3ccc(NC(=O)c4c(I)ccn(-c5ccc(F)cc5)c4=O)cc3F)c3ccnn3c2)c1. The van der Waals surface area contributed by atoms with Gasteiger partial charge in [0.15, 0.2) is 17.3 Å². The van der Waals surface area contributed by atoms with Crippen LogP contribution in [0.3, 0.4) is 0 Å². The average molecular weight is 664 g/mol. The Kier molecular flexibility index (Phi) is 6.83. The van der Waals surface area contributed by atoms with Crippen LogP contribution in [0.5, 0.6) is 11.5 Å². The van der Waals surface area contributed by atoms with E-state index in [1.54, 1.807) is 41.4 Å². The van der Waals surface area contributed by atoms with Gasteiger partial charge in [0.25, 0.3) is 11.5 Å². The second-order valence-corrected chi connectivity index (χ2v) is 10.2. The second-order valence-electron chi connectivity index (χ2n) is 9.07. The number of aryl methyl sites for hydroxylation is 1. The number of pyridine rings is 2. The maximum Gasteiger partial charge on any atom is 0.269 e. The molecule has 0 aliphatic rings. The van der Waals surface area contributed by atoms with Crippen LogP contribution in [0.15, 0.2) is 96.6 Å². The summed E-state index contributed by atoms with van der Waals surface area (Å²) in [6.07, 6.45) is 8.42. The summed E-state index contributed by atoms with van der Waals surface area (Å²) >= 11 is 1.88. The van der Waals surface area contributed by atoms with Crippen molar-refractivity contribution < 1.29 is 18.3 Å². The van der Waals surface area contributed by atoms with Crippen molar-refractivity contribution >= 4 is 39.7 Å². The van der Waals surface area contributed by atoms with Crippen molar-refractivity contribution in [1.82, 2.24) is 23.7 Å². The topological polar surface area (TPSA) is 95.5 Å². The summed E-state index contributed by atoms with van der Waals surface area (Å²) in [6.45, 7) is 0. The number of carbonyl (C=O) groups excluding carboxylic acids is 1. The number of nitrogens with zero attached hydrogens (tertiary/aromatic N) is 5. The third-order valence-corrected chi connectivity index (χ3v) is 7.15. The highest BCUT2D eigenvalue weighted by molar-refractivity contribution is 14.1. The lowest BCUT2D eigenvalue weighted by Gasteiger charge is -2.13. The first-order chi connectivity index (χ1) is 19.8. The van der Waals surface area contributed by atoms with Crippen LogP contribution in [0.4, 0.5) is 14.5 Å². The van der Waals surface area contributed by atoms with Crippen LogP contribution in [-0.2, 0) is 7.05 Å². The number of ether oxygens (including phenoxy) is 1. The first kappa shape index (κ1) is 26.4. The molecule has 204 valence electrons. The molecule has 41 heavy (non-hydrogen) atoms. The fourth-order valence-electron chi connectivity index (χ4n) is 4.28. The number of nitrogens with one attached hydrogen (secondary N) is 1. The molecule has 0 aliphatic carbocycles. The monoisotopic (exact) mass is 664 g/mol. The molecule has 0 unspecified atom stereocenters. The number of amides is 1. The Hall–Kier alpha value is -4.85. The van der Waals surface area contributed by atoms with E-state index >= 15 is 4.39 Å². The first-order valence-electron chi connectivity index (χ1n) is 12.2. The van der Waals surface area contributed by atoms with E-state index in [4.69, 9.17) is 4.74 Å². The van der Waals surface area contributed by atoms with Gasteiger partial charge in [-0.05, 0) is 77.2 Å². The van der Waals surface area contributed by atoms with Crippen LogP contribution in [0.2, 0.25) is 0 Å². The minimum Gasteiger partial charge on any atom is -0.452 e. The van der Waals surface area contributed by atoms with Crippen molar-refractivity contribution in [2.24, 2.45) is 7.05 Å². The van der Waals surface area contributed by atoms with Crippen molar-refractivity contribution in [2.75, 3.05) is 5.32 Å². The summed E-state index contributed by atoms with van der Waals surface area (Å²) in [5, 5.41) is 6.85. The Morgan fingerprint density at radius 1 is 1.00 bits per heavy atom. The molecule has 0 fully saturated rings. The smallest absolute Gasteiger partial charge is 0.269 e. The van der Waals surface area contributed by atoms with Gasteiger partial charge in [0.2, 0.25) is 0 Å². The van der Waals surface area contributed by atoms with E-state index in [2.05, 4.69) is 15.4 Å². The standard InChI is InChI=1S/C29H19F2IN6O3/c1-36-15-23(33-16-36)17-12-26(24-8-10-34-38(24)14-17)41-25-7-4-19(13-21(25)31)35-28(39)27-22(32)9-11-37(29(27)40)20-5-2-18(30)3-6-20/h2-16H,1H3,(H,35,39). The predicted molar refractivity (Wildman–Crippen MR) is 157 cm³/mol. The van der Waals surface area contributed by atoms with Crippen LogP contribution < -0.4 is 15.6 Å². The van der Waals surface area contributed by atoms with E-state index in [-0.39, 0.29) is 17.0 Å². The molecule has 0 radical (unpaired) electrons. The first-order valence-corrected chi connectivity index (χ1v) is 13.3. The highest BCUT2D eigenvalue weighted by Crippen LogP contribution is 2.33. The van der Waals surface area contributed by atoms with E-state index in [1.807, 2.05) is 40.4 Å². The van der Waals surface area contributed by atoms with Gasteiger partial charge in [-0.1, -0.05) is 0 Å². The fourth-order valence-corrected chi connectivity index (χ4v) is 4.91. The molecule has 6 rings (SSSR count). The number of rotatable bonds is 6. The Morgan fingerprint density at radius 3 is 2.54 bits per heavy atom. The zero-order chi connectivity index (χ0) is 28.7. The normalized spacial score (nSPS) is 11.1. The minimum atomic E-state index is -0.727. The zero-order valence-corrected chi connectivity index (χ0v) is 23.4. The molecular weight excluding hydrogens is 645 g/mol. The Labute approximate surface area is 244 Å². The largest absolute Gasteiger partial charge is 0.452 e. The zero-order valence-electron chi connectivity index (χ0n) is 21.3. The third-order valence-electron chi connectivity index (χ3n) is 6.25. The second kappa shape index (κ2) is 10.6. The van der Waals surface area contributed by atoms with Crippen molar-refractivity contribution in [1.29, 1.82) is 0 Å². The van der Waals surface area contributed by atoms with Crippen LogP contribution in [0, 0.1) is 15.2 Å². The molecule has 9 nitrogen and oxygen atoms in total. The summed E-state index contributed by atoms with van der Waals surface area (Å²) in [5.74, 6) is -1.60. The molecule has 0 saturated heterocycles. The molecule has 2 aromatic carbocycles. The molecule has 0 aliphatic heterocycles. The predicted octanol–water partition coefficient (Wildman–Crippen LogP) is 5.81. The lowest BCUT2D eigenvalue weighted by Crippen LogP contribution is -2.29. The Bertz CT molecular complexity index is 2000. The summed E-state index contributed by atoms with van der Waals surface area (Å²) in [7, 11) is 1.86. The van der Waals surface area contributed by atoms with Gasteiger partial charge in [-0.15, -0.1) is 0 Å². The number of aromatic nitrogens is 5. The van der Waals surface area contributed by atoms with Crippen LogP contribution >= 0.6 is 22.6 Å². The maximum absolute atomic E-state index is 15.2. The quantitative estimate of drug-likeness (QED) is 0.227. The van der Waals surface area contributed by atoms with Gasteiger partial charge in [0.05, 0.1) is 18.2 Å². The molecule has 0 atom stereocenters. The van der Waals surface area contributed by atoms with Crippen molar-refractivity contribution in [3.05, 3.63) is 123 Å². The molecule has 1 N–H and O–H groups in total. The number of carbonyl (C=O) groups is 1. The highest BCUT2D eigenvalue weighted by atomic mass is 127. The number of hydrogen-bond donors (Lipinski definition) is 1. The minimum absolute atomic E-state index is 0.0720.